The Morgan fingerprint density at radius 3 is 2.33 bits per heavy atom. The van der Waals surface area contributed by atoms with Gasteiger partial charge in [-0.3, -0.25) is 4.98 Å². The van der Waals surface area contributed by atoms with Crippen molar-refractivity contribution in [1.29, 1.82) is 0 Å². The first-order valence-electron chi connectivity index (χ1n) is 7.47. The highest BCUT2D eigenvalue weighted by Gasteiger charge is 2.15. The van der Waals surface area contributed by atoms with E-state index in [1.54, 1.807) is 0 Å². The van der Waals surface area contributed by atoms with Crippen LogP contribution in [-0.2, 0) is 0 Å². The molecule has 1 aromatic carbocycles. The third-order valence-corrected chi connectivity index (χ3v) is 3.77. The number of hydrogen-bond acceptors (Lipinski definition) is 3. The Bertz CT molecular complexity index is 613. The maximum atomic E-state index is 6.12. The number of nitrogens with two attached hydrogens (primary N) is 1. The molecule has 21 heavy (non-hydrogen) atoms. The Morgan fingerprint density at radius 1 is 1.14 bits per heavy atom. The summed E-state index contributed by atoms with van der Waals surface area (Å²) in [5.74, 6) is 1.21. The summed E-state index contributed by atoms with van der Waals surface area (Å²) < 4.78 is 0.957. The molecule has 114 valence electrons. The molecule has 0 saturated heterocycles. The predicted molar refractivity (Wildman–Crippen MR) is 95.7 cm³/mol. The van der Waals surface area contributed by atoms with Crippen LogP contribution in [0.1, 0.15) is 27.7 Å². The lowest BCUT2D eigenvalue weighted by Gasteiger charge is -2.29. The quantitative estimate of drug-likeness (QED) is 0.795. The molecule has 0 amide bonds. The van der Waals surface area contributed by atoms with Crippen molar-refractivity contribution in [2.45, 2.75) is 27.7 Å². The fourth-order valence-corrected chi connectivity index (χ4v) is 2.94. The van der Waals surface area contributed by atoms with Gasteiger partial charge in [-0.1, -0.05) is 27.7 Å². The van der Waals surface area contributed by atoms with Crippen molar-refractivity contribution in [2.24, 2.45) is 11.8 Å². The van der Waals surface area contributed by atoms with Gasteiger partial charge in [0.15, 0.2) is 0 Å². The summed E-state index contributed by atoms with van der Waals surface area (Å²) in [4.78, 5) is 7.04. The highest BCUT2D eigenvalue weighted by molar-refractivity contribution is 9.10. The molecule has 0 spiro atoms. The van der Waals surface area contributed by atoms with Crippen LogP contribution in [0.25, 0.3) is 10.9 Å². The number of pyridine rings is 1. The maximum absolute atomic E-state index is 6.12. The van der Waals surface area contributed by atoms with Crippen molar-refractivity contribution < 1.29 is 0 Å². The fraction of sp³-hybridized carbons (Fsp3) is 0.471. The van der Waals surface area contributed by atoms with E-state index in [9.17, 15) is 0 Å². The van der Waals surface area contributed by atoms with Crippen LogP contribution in [0.3, 0.4) is 0 Å². The van der Waals surface area contributed by atoms with Gasteiger partial charge >= 0.3 is 0 Å². The van der Waals surface area contributed by atoms with Crippen molar-refractivity contribution in [3.63, 3.8) is 0 Å². The van der Waals surface area contributed by atoms with Crippen molar-refractivity contribution in [2.75, 3.05) is 23.7 Å². The van der Waals surface area contributed by atoms with E-state index in [4.69, 9.17) is 5.73 Å². The van der Waals surface area contributed by atoms with E-state index in [0.29, 0.717) is 11.8 Å². The second-order valence-electron chi connectivity index (χ2n) is 6.42. The van der Waals surface area contributed by atoms with Gasteiger partial charge in [-0.25, -0.2) is 0 Å². The van der Waals surface area contributed by atoms with Crippen molar-refractivity contribution >= 4 is 38.2 Å². The molecular weight excluding hydrogens is 326 g/mol. The van der Waals surface area contributed by atoms with Crippen molar-refractivity contribution in [1.82, 2.24) is 4.98 Å². The second kappa shape index (κ2) is 6.65. The van der Waals surface area contributed by atoms with Gasteiger partial charge in [0, 0.05) is 34.8 Å². The maximum Gasteiger partial charge on any atom is 0.0956 e. The number of nitrogens with zero attached hydrogens (tertiary/aromatic N) is 2. The molecule has 0 atom stereocenters. The van der Waals surface area contributed by atoms with E-state index >= 15 is 0 Å². The Labute approximate surface area is 135 Å². The number of benzene rings is 1. The predicted octanol–water partition coefficient (Wildman–Crippen LogP) is 4.70. The first kappa shape index (κ1) is 16.1. The van der Waals surface area contributed by atoms with Gasteiger partial charge in [0.2, 0.25) is 0 Å². The summed E-state index contributed by atoms with van der Waals surface area (Å²) in [6.45, 7) is 11.0. The first-order valence-corrected chi connectivity index (χ1v) is 8.26. The molecule has 0 bridgehead atoms. The summed E-state index contributed by atoms with van der Waals surface area (Å²) in [5.41, 5.74) is 9.05. The summed E-state index contributed by atoms with van der Waals surface area (Å²) in [6.07, 6.45) is 1.84. The van der Waals surface area contributed by atoms with E-state index in [1.165, 1.54) is 5.69 Å². The van der Waals surface area contributed by atoms with E-state index in [-0.39, 0.29) is 0 Å². The van der Waals surface area contributed by atoms with Gasteiger partial charge in [-0.15, -0.1) is 0 Å². The smallest absolute Gasteiger partial charge is 0.0956 e. The molecule has 1 aromatic heterocycles. The average Bonchev–Trinajstić information content (AvgIpc) is 2.38. The number of aromatic nitrogens is 1. The van der Waals surface area contributed by atoms with Gasteiger partial charge in [0.05, 0.1) is 11.2 Å². The van der Waals surface area contributed by atoms with Gasteiger partial charge in [0.25, 0.3) is 0 Å². The van der Waals surface area contributed by atoms with E-state index < -0.39 is 0 Å². The Morgan fingerprint density at radius 2 is 1.76 bits per heavy atom. The lowest BCUT2D eigenvalue weighted by atomic mass is 10.1. The molecule has 0 unspecified atom stereocenters. The Kier molecular flexibility index (Phi) is 5.09. The molecule has 0 aliphatic carbocycles. The van der Waals surface area contributed by atoms with Crippen LogP contribution in [0, 0.1) is 11.8 Å². The van der Waals surface area contributed by atoms with Crippen molar-refractivity contribution in [3.05, 3.63) is 28.9 Å². The highest BCUT2D eigenvalue weighted by atomic mass is 79.9. The molecule has 0 aliphatic rings. The SMILES string of the molecule is CC(C)CN(CC(C)C)c1ccc(N)c2cc(Br)cnc12. The van der Waals surface area contributed by atoms with Crippen LogP contribution in [0.2, 0.25) is 0 Å². The summed E-state index contributed by atoms with van der Waals surface area (Å²) >= 11 is 3.48. The number of nitrogen functional groups attached to an aromatic ring is 1. The zero-order valence-corrected chi connectivity index (χ0v) is 14.8. The van der Waals surface area contributed by atoms with Gasteiger partial charge in [0.1, 0.15) is 0 Å². The lowest BCUT2D eigenvalue weighted by Crippen LogP contribution is -2.31. The third-order valence-electron chi connectivity index (χ3n) is 3.34. The standard InChI is InChI=1S/C17H24BrN3/c1-11(2)9-21(10-12(3)4)16-6-5-15(19)14-7-13(18)8-20-17(14)16/h5-8,11-12H,9-10,19H2,1-4H3. The molecule has 0 aliphatic heterocycles. The molecule has 3 nitrogen and oxygen atoms in total. The summed E-state index contributed by atoms with van der Waals surface area (Å²) in [5, 5.41) is 1.01. The summed E-state index contributed by atoms with van der Waals surface area (Å²) in [7, 11) is 0. The average molecular weight is 350 g/mol. The largest absolute Gasteiger partial charge is 0.398 e. The second-order valence-corrected chi connectivity index (χ2v) is 7.33. The molecule has 4 heteroatoms. The van der Waals surface area contributed by atoms with Gasteiger partial charge in [-0.2, -0.15) is 0 Å². The Hall–Kier alpha value is -1.29. The zero-order chi connectivity index (χ0) is 15.6. The van der Waals surface area contributed by atoms with Crippen LogP contribution in [0.5, 0.6) is 0 Å². The number of halogens is 1. The first-order chi connectivity index (χ1) is 9.88. The van der Waals surface area contributed by atoms with Crippen LogP contribution >= 0.6 is 15.9 Å². The van der Waals surface area contributed by atoms with Gasteiger partial charge in [-0.05, 0) is 46.0 Å². The lowest BCUT2D eigenvalue weighted by molar-refractivity contribution is 0.553. The molecule has 0 saturated carbocycles. The normalized spacial score (nSPS) is 11.6. The van der Waals surface area contributed by atoms with E-state index in [0.717, 1.165) is 34.2 Å². The van der Waals surface area contributed by atoms with E-state index in [1.807, 2.05) is 18.3 Å². The molecule has 0 fully saturated rings. The number of anilines is 2. The van der Waals surface area contributed by atoms with Crippen LogP contribution in [0.15, 0.2) is 28.9 Å². The minimum Gasteiger partial charge on any atom is -0.398 e. The highest BCUT2D eigenvalue weighted by Crippen LogP contribution is 2.32. The topological polar surface area (TPSA) is 42.1 Å². The molecular formula is C17H24BrN3. The van der Waals surface area contributed by atoms with Crippen LogP contribution < -0.4 is 10.6 Å². The molecule has 1 heterocycles. The van der Waals surface area contributed by atoms with Crippen LogP contribution in [-0.4, -0.2) is 18.1 Å². The minimum atomic E-state index is 0.604. The molecule has 2 N–H and O–H groups in total. The fourth-order valence-electron chi connectivity index (χ4n) is 2.61. The third kappa shape index (κ3) is 3.88. The minimum absolute atomic E-state index is 0.604. The molecule has 2 aromatic rings. The number of fused-ring (bicyclic) bond motifs is 1. The number of rotatable bonds is 5. The Balaban J connectivity index is 2.54. The monoisotopic (exact) mass is 349 g/mol. The zero-order valence-electron chi connectivity index (χ0n) is 13.2. The molecule has 2 rings (SSSR count). The molecule has 0 radical (unpaired) electrons. The van der Waals surface area contributed by atoms with Crippen LogP contribution in [0.4, 0.5) is 11.4 Å². The summed E-state index contributed by atoms with van der Waals surface area (Å²) in [6, 6.07) is 6.13. The van der Waals surface area contributed by atoms with Gasteiger partial charge < -0.3 is 10.6 Å². The van der Waals surface area contributed by atoms with E-state index in [2.05, 4.69) is 59.6 Å². The number of hydrogen-bond donors (Lipinski definition) is 1. The van der Waals surface area contributed by atoms with Crippen molar-refractivity contribution in [3.8, 4) is 0 Å².